The fraction of sp³-hybridized carbons (Fsp3) is 0.0645. The summed E-state index contributed by atoms with van der Waals surface area (Å²) in [6, 6.07) is 26.9. The molecule has 5 rings (SSSR count). The van der Waals surface area contributed by atoms with Gasteiger partial charge in [0.15, 0.2) is 0 Å². The largest absolute Gasteiger partial charge is 0.379 e. The average Bonchev–Trinajstić information content (AvgIpc) is 2.95. The van der Waals surface area contributed by atoms with Gasteiger partial charge in [0.1, 0.15) is 0 Å². The number of fused-ring (bicyclic) bond motifs is 1. The number of pyridine rings is 2. The smallest absolute Gasteiger partial charge is 0.221 e. The van der Waals surface area contributed by atoms with Crippen molar-refractivity contribution >= 4 is 33.9 Å². The summed E-state index contributed by atoms with van der Waals surface area (Å²) in [4.78, 5) is 20.5. The number of hydrogen-bond acceptors (Lipinski definition) is 6. The Kier molecular flexibility index (Phi) is 6.87. The summed E-state index contributed by atoms with van der Waals surface area (Å²) in [6.45, 7) is 2.03. The summed E-state index contributed by atoms with van der Waals surface area (Å²) in [6.07, 6.45) is 5.10. The Bertz CT molecular complexity index is 1690. The number of aromatic nitrogens is 2. The molecule has 0 aliphatic rings. The lowest BCUT2D eigenvalue weighted by Gasteiger charge is -2.17. The highest BCUT2D eigenvalue weighted by Crippen LogP contribution is 2.32. The topological polar surface area (TPSA) is 115 Å². The highest BCUT2D eigenvalue weighted by molar-refractivity contribution is 6.21. The van der Waals surface area contributed by atoms with Crippen molar-refractivity contribution in [2.45, 2.75) is 13.5 Å². The Hall–Kier alpha value is -5.35. The van der Waals surface area contributed by atoms with E-state index >= 15 is 0 Å². The molecule has 38 heavy (non-hydrogen) atoms. The highest BCUT2D eigenvalue weighted by atomic mass is 16.1. The quantitative estimate of drug-likeness (QED) is 0.234. The molecule has 3 aromatic carbocycles. The fourth-order valence-electron chi connectivity index (χ4n) is 4.29. The fourth-order valence-corrected chi connectivity index (χ4v) is 4.29. The molecular weight excluding hydrogens is 472 g/mol. The van der Waals surface area contributed by atoms with Crippen LogP contribution in [0.4, 0.5) is 11.4 Å². The first-order chi connectivity index (χ1) is 18.5. The van der Waals surface area contributed by atoms with Crippen LogP contribution in [0.2, 0.25) is 0 Å². The Morgan fingerprint density at radius 1 is 0.947 bits per heavy atom. The van der Waals surface area contributed by atoms with Crippen LogP contribution in [0.25, 0.3) is 22.0 Å². The van der Waals surface area contributed by atoms with Gasteiger partial charge in [-0.3, -0.25) is 20.2 Å². The van der Waals surface area contributed by atoms with E-state index in [1.807, 2.05) is 54.6 Å². The zero-order valence-electron chi connectivity index (χ0n) is 20.7. The molecule has 3 N–H and O–H groups in total. The van der Waals surface area contributed by atoms with Crippen molar-refractivity contribution < 1.29 is 4.79 Å². The Labute approximate surface area is 220 Å². The summed E-state index contributed by atoms with van der Waals surface area (Å²) < 4.78 is 0. The van der Waals surface area contributed by atoms with E-state index in [4.69, 9.17) is 0 Å². The van der Waals surface area contributed by atoms with E-state index in [-0.39, 0.29) is 5.91 Å². The van der Waals surface area contributed by atoms with Gasteiger partial charge in [-0.05, 0) is 41.5 Å². The van der Waals surface area contributed by atoms with Crippen molar-refractivity contribution in [3.63, 3.8) is 0 Å². The maximum absolute atomic E-state index is 11.5. The highest BCUT2D eigenvalue weighted by Gasteiger charge is 2.17. The van der Waals surface area contributed by atoms with Gasteiger partial charge in [0.2, 0.25) is 5.91 Å². The third kappa shape index (κ3) is 5.25. The van der Waals surface area contributed by atoms with Crippen molar-refractivity contribution in [2.24, 2.45) is 0 Å². The lowest BCUT2D eigenvalue weighted by Crippen LogP contribution is -2.10. The summed E-state index contributed by atoms with van der Waals surface area (Å²) in [5, 5.41) is 25.4. The van der Waals surface area contributed by atoms with Gasteiger partial charge < -0.3 is 10.6 Å². The Morgan fingerprint density at radius 2 is 1.74 bits per heavy atom. The Balaban J connectivity index is 1.63. The summed E-state index contributed by atoms with van der Waals surface area (Å²) in [7, 11) is 0. The van der Waals surface area contributed by atoms with Crippen molar-refractivity contribution in [1.29, 1.82) is 10.7 Å². The zero-order chi connectivity index (χ0) is 26.5. The van der Waals surface area contributed by atoms with E-state index in [0.29, 0.717) is 34.6 Å². The molecule has 0 aliphatic carbocycles. The van der Waals surface area contributed by atoms with Crippen LogP contribution in [0.3, 0.4) is 0 Å². The number of nitrogens with zero attached hydrogens (tertiary/aromatic N) is 3. The van der Waals surface area contributed by atoms with Crippen LogP contribution in [0.1, 0.15) is 29.2 Å². The standard InChI is InChI=1S/C31H24N6O/c1-20(38)37-26-13-25(17-34-18-26)24-11-12-28-27(14-24)30(31(33)23-9-7-21(15-32)8-10-23)29(19-36-28)35-16-22-5-3-2-4-6-22/h2-14,17-19,33,35H,16H2,1H3,(H,37,38). The number of anilines is 2. The first-order valence-electron chi connectivity index (χ1n) is 12.0. The zero-order valence-corrected chi connectivity index (χ0v) is 20.7. The lowest BCUT2D eigenvalue weighted by molar-refractivity contribution is -0.114. The van der Waals surface area contributed by atoms with Crippen LogP contribution in [0.15, 0.2) is 97.5 Å². The van der Waals surface area contributed by atoms with Crippen LogP contribution < -0.4 is 10.6 Å². The molecule has 0 spiro atoms. The molecule has 0 aliphatic heterocycles. The van der Waals surface area contributed by atoms with Crippen molar-refractivity contribution in [1.82, 2.24) is 9.97 Å². The van der Waals surface area contributed by atoms with E-state index < -0.39 is 0 Å². The minimum Gasteiger partial charge on any atom is -0.379 e. The third-order valence-electron chi connectivity index (χ3n) is 6.14. The molecule has 2 aromatic heterocycles. The summed E-state index contributed by atoms with van der Waals surface area (Å²) >= 11 is 0. The van der Waals surface area contributed by atoms with Crippen LogP contribution in [0.5, 0.6) is 0 Å². The second kappa shape index (κ2) is 10.7. The second-order valence-corrected chi connectivity index (χ2v) is 8.83. The SMILES string of the molecule is CC(=O)Nc1cncc(-c2ccc3ncc(NCc4ccccc4)c(C(=N)c4ccc(C#N)cc4)c3c2)c1. The summed E-state index contributed by atoms with van der Waals surface area (Å²) in [5.74, 6) is -0.168. The first kappa shape index (κ1) is 24.3. The molecule has 0 radical (unpaired) electrons. The first-order valence-corrected chi connectivity index (χ1v) is 12.0. The predicted octanol–water partition coefficient (Wildman–Crippen LogP) is 6.16. The van der Waals surface area contributed by atoms with Gasteiger partial charge in [0, 0.05) is 41.7 Å². The van der Waals surface area contributed by atoms with Crippen LogP contribution in [-0.4, -0.2) is 21.6 Å². The van der Waals surface area contributed by atoms with Gasteiger partial charge in [-0.1, -0.05) is 48.5 Å². The van der Waals surface area contributed by atoms with E-state index in [2.05, 4.69) is 26.7 Å². The number of nitrogens with one attached hydrogen (secondary N) is 3. The number of nitriles is 1. The van der Waals surface area contributed by atoms with E-state index in [1.165, 1.54) is 6.92 Å². The minimum absolute atomic E-state index is 0.168. The van der Waals surface area contributed by atoms with Gasteiger partial charge in [-0.15, -0.1) is 0 Å². The minimum atomic E-state index is -0.168. The molecule has 0 fully saturated rings. The summed E-state index contributed by atoms with van der Waals surface area (Å²) in [5.41, 5.74) is 7.18. The Morgan fingerprint density at radius 3 is 2.47 bits per heavy atom. The number of amides is 1. The van der Waals surface area contributed by atoms with Gasteiger partial charge in [0.05, 0.1) is 46.6 Å². The number of carbonyl (C=O) groups is 1. The van der Waals surface area contributed by atoms with Crippen LogP contribution in [-0.2, 0) is 11.3 Å². The monoisotopic (exact) mass is 496 g/mol. The van der Waals surface area contributed by atoms with Crippen molar-refractivity contribution in [3.8, 4) is 17.2 Å². The number of benzene rings is 3. The molecule has 5 aromatic rings. The molecule has 184 valence electrons. The molecule has 0 saturated carbocycles. The maximum atomic E-state index is 11.5. The molecule has 7 nitrogen and oxygen atoms in total. The van der Waals surface area contributed by atoms with E-state index in [0.717, 1.165) is 33.3 Å². The van der Waals surface area contributed by atoms with Gasteiger partial charge in [-0.25, -0.2) is 0 Å². The number of carbonyl (C=O) groups excluding carboxylic acids is 1. The van der Waals surface area contributed by atoms with Crippen molar-refractivity contribution in [2.75, 3.05) is 10.6 Å². The maximum Gasteiger partial charge on any atom is 0.221 e. The molecule has 1 amide bonds. The molecule has 0 saturated heterocycles. The van der Waals surface area contributed by atoms with E-state index in [1.54, 1.807) is 42.9 Å². The van der Waals surface area contributed by atoms with Crippen LogP contribution in [0, 0.1) is 16.7 Å². The lowest BCUT2D eigenvalue weighted by atomic mass is 9.94. The molecule has 2 heterocycles. The van der Waals surface area contributed by atoms with Crippen molar-refractivity contribution in [3.05, 3.63) is 120 Å². The van der Waals surface area contributed by atoms with Gasteiger partial charge >= 0.3 is 0 Å². The molecule has 0 bridgehead atoms. The van der Waals surface area contributed by atoms with Gasteiger partial charge in [0.25, 0.3) is 0 Å². The molecule has 0 atom stereocenters. The number of hydrogen-bond donors (Lipinski definition) is 3. The molecule has 7 heteroatoms. The normalized spacial score (nSPS) is 10.5. The molecule has 0 unspecified atom stereocenters. The van der Waals surface area contributed by atoms with Crippen LogP contribution >= 0.6 is 0 Å². The molecular formula is C31H24N6O. The van der Waals surface area contributed by atoms with E-state index in [9.17, 15) is 15.5 Å². The second-order valence-electron chi connectivity index (χ2n) is 8.83. The third-order valence-corrected chi connectivity index (χ3v) is 6.14. The van der Waals surface area contributed by atoms with Gasteiger partial charge in [-0.2, -0.15) is 5.26 Å². The average molecular weight is 497 g/mol. The predicted molar refractivity (Wildman–Crippen MR) is 150 cm³/mol. The number of rotatable bonds is 7.